The summed E-state index contributed by atoms with van der Waals surface area (Å²) in [5, 5.41) is 22.4. The van der Waals surface area contributed by atoms with Crippen molar-refractivity contribution < 1.29 is 14.8 Å². The second-order valence-electron chi connectivity index (χ2n) is 3.63. The Kier molecular flexibility index (Phi) is 3.37. The molecule has 0 bridgehead atoms. The maximum absolute atomic E-state index is 11.8. The molecule has 0 radical (unpaired) electrons. The lowest BCUT2D eigenvalue weighted by atomic mass is 10.2. The van der Waals surface area contributed by atoms with Gasteiger partial charge in [-0.15, -0.1) is 0 Å². The van der Waals surface area contributed by atoms with E-state index in [-0.39, 0.29) is 17.1 Å². The maximum atomic E-state index is 11.8. The van der Waals surface area contributed by atoms with Crippen LogP contribution in [0.1, 0.15) is 10.5 Å². The molecule has 2 aromatic rings. The number of carbonyl (C=O) groups excluding carboxylic acids is 1. The van der Waals surface area contributed by atoms with Gasteiger partial charge in [-0.1, -0.05) is 0 Å². The molecule has 7 heteroatoms. The second kappa shape index (κ2) is 5.13. The van der Waals surface area contributed by atoms with Crippen molar-refractivity contribution in [1.29, 1.82) is 0 Å². The lowest BCUT2D eigenvalue weighted by Gasteiger charge is -2.05. The predicted molar refractivity (Wildman–Crippen MR) is 67.0 cm³/mol. The van der Waals surface area contributed by atoms with Crippen molar-refractivity contribution in [3.8, 4) is 5.75 Å². The van der Waals surface area contributed by atoms with Gasteiger partial charge in [-0.2, -0.15) is 0 Å². The van der Waals surface area contributed by atoms with E-state index in [4.69, 9.17) is 0 Å². The molecule has 0 spiro atoms. The molecule has 7 nitrogen and oxygen atoms in total. The molecule has 2 rings (SSSR count). The molecule has 0 aliphatic heterocycles. The lowest BCUT2D eigenvalue weighted by molar-refractivity contribution is -0.384. The zero-order chi connectivity index (χ0) is 13.8. The zero-order valence-corrected chi connectivity index (χ0v) is 9.61. The molecule has 96 valence electrons. The third-order valence-electron chi connectivity index (χ3n) is 2.34. The van der Waals surface area contributed by atoms with E-state index >= 15 is 0 Å². The van der Waals surface area contributed by atoms with E-state index in [1.807, 2.05) is 0 Å². The fourth-order valence-electron chi connectivity index (χ4n) is 1.43. The average Bonchev–Trinajstić information content (AvgIpc) is 2.39. The third-order valence-corrected chi connectivity index (χ3v) is 2.34. The normalized spacial score (nSPS) is 9.89. The first kappa shape index (κ1) is 12.5. The molecule has 1 amide bonds. The van der Waals surface area contributed by atoms with E-state index in [1.54, 1.807) is 0 Å². The average molecular weight is 259 g/mol. The Labute approximate surface area is 107 Å². The maximum Gasteiger partial charge on any atom is 0.278 e. The molecular formula is C12H9N3O4. The molecule has 2 N–H and O–H groups in total. The summed E-state index contributed by atoms with van der Waals surface area (Å²) in [6, 6.07) is 8.18. The van der Waals surface area contributed by atoms with Gasteiger partial charge in [0, 0.05) is 24.0 Å². The number of hydrogen-bond acceptors (Lipinski definition) is 5. The van der Waals surface area contributed by atoms with Crippen LogP contribution in [-0.4, -0.2) is 20.9 Å². The highest BCUT2D eigenvalue weighted by Gasteiger charge is 2.12. The number of nitrogens with one attached hydrogen (secondary N) is 1. The molecule has 1 aromatic heterocycles. The van der Waals surface area contributed by atoms with Gasteiger partial charge in [0.1, 0.15) is 5.75 Å². The van der Waals surface area contributed by atoms with Gasteiger partial charge in [-0.05, 0) is 24.3 Å². The number of aromatic hydroxyl groups is 1. The van der Waals surface area contributed by atoms with Gasteiger partial charge in [0.05, 0.1) is 4.92 Å². The molecule has 1 aromatic carbocycles. The van der Waals surface area contributed by atoms with E-state index in [9.17, 15) is 20.0 Å². The van der Waals surface area contributed by atoms with E-state index in [2.05, 4.69) is 10.3 Å². The third kappa shape index (κ3) is 2.83. The minimum absolute atomic E-state index is 0.0707. The fourth-order valence-corrected chi connectivity index (χ4v) is 1.43. The number of non-ortho nitro benzene ring substituents is 1. The van der Waals surface area contributed by atoms with Crippen LogP contribution < -0.4 is 5.32 Å². The Bertz CT molecular complexity index is 625. The van der Waals surface area contributed by atoms with Gasteiger partial charge in [-0.25, -0.2) is 4.98 Å². The number of nitro benzene ring substituents is 1. The Morgan fingerprint density at radius 2 is 1.95 bits per heavy atom. The summed E-state index contributed by atoms with van der Waals surface area (Å²) < 4.78 is 0. The molecule has 0 saturated heterocycles. The Hall–Kier alpha value is -2.96. The monoisotopic (exact) mass is 259 g/mol. The number of anilines is 1. The molecule has 0 atom stereocenters. The summed E-state index contributed by atoms with van der Waals surface area (Å²) >= 11 is 0. The zero-order valence-electron chi connectivity index (χ0n) is 9.61. The van der Waals surface area contributed by atoms with Crippen molar-refractivity contribution >= 4 is 17.3 Å². The number of nitrogens with zero attached hydrogens (tertiary/aromatic N) is 2. The molecule has 19 heavy (non-hydrogen) atoms. The number of rotatable bonds is 3. The fraction of sp³-hybridized carbons (Fsp3) is 0. The second-order valence-corrected chi connectivity index (χ2v) is 3.63. The largest absolute Gasteiger partial charge is 0.505 e. The smallest absolute Gasteiger partial charge is 0.278 e. The van der Waals surface area contributed by atoms with Crippen LogP contribution >= 0.6 is 0 Å². The van der Waals surface area contributed by atoms with Crippen molar-refractivity contribution in [2.75, 3.05) is 5.32 Å². The van der Waals surface area contributed by atoms with Gasteiger partial charge in [0.2, 0.25) is 0 Å². The van der Waals surface area contributed by atoms with Crippen molar-refractivity contribution in [1.82, 2.24) is 4.98 Å². The van der Waals surface area contributed by atoms with Crippen LogP contribution in [0.5, 0.6) is 5.75 Å². The van der Waals surface area contributed by atoms with Gasteiger partial charge in [0.15, 0.2) is 5.69 Å². The first-order chi connectivity index (χ1) is 9.08. The molecular weight excluding hydrogens is 250 g/mol. The number of carbonyl (C=O) groups is 1. The first-order valence-electron chi connectivity index (χ1n) is 5.28. The Morgan fingerprint density at radius 3 is 2.53 bits per heavy atom. The molecule has 1 heterocycles. The quantitative estimate of drug-likeness (QED) is 0.647. The van der Waals surface area contributed by atoms with Gasteiger partial charge >= 0.3 is 0 Å². The first-order valence-corrected chi connectivity index (χ1v) is 5.28. The van der Waals surface area contributed by atoms with Crippen molar-refractivity contribution in [2.45, 2.75) is 0 Å². The van der Waals surface area contributed by atoms with Crippen LogP contribution in [0.3, 0.4) is 0 Å². The van der Waals surface area contributed by atoms with E-state index in [1.165, 1.54) is 42.6 Å². The van der Waals surface area contributed by atoms with Crippen LogP contribution in [0.2, 0.25) is 0 Å². The van der Waals surface area contributed by atoms with Crippen LogP contribution in [0.25, 0.3) is 0 Å². The highest BCUT2D eigenvalue weighted by molar-refractivity contribution is 6.04. The minimum atomic E-state index is -0.591. The summed E-state index contributed by atoms with van der Waals surface area (Å²) in [4.78, 5) is 25.5. The minimum Gasteiger partial charge on any atom is -0.505 e. The molecule has 0 aliphatic rings. The van der Waals surface area contributed by atoms with Crippen LogP contribution in [0.15, 0.2) is 42.6 Å². The number of benzene rings is 1. The highest BCUT2D eigenvalue weighted by atomic mass is 16.6. The summed E-state index contributed by atoms with van der Waals surface area (Å²) in [7, 11) is 0. The number of hydrogen-bond donors (Lipinski definition) is 2. The van der Waals surface area contributed by atoms with Crippen LogP contribution in [0.4, 0.5) is 11.4 Å². The van der Waals surface area contributed by atoms with Gasteiger partial charge in [-0.3, -0.25) is 14.9 Å². The SMILES string of the molecule is O=C(Nc1ccc([N+](=O)[O-])cc1)c1ncccc1O. The van der Waals surface area contributed by atoms with E-state index < -0.39 is 10.8 Å². The molecule has 0 saturated carbocycles. The standard InChI is InChI=1S/C12H9N3O4/c16-10-2-1-7-13-11(10)12(17)14-8-3-5-9(6-4-8)15(18)19/h1-7,16H,(H,14,17). The topological polar surface area (TPSA) is 105 Å². The summed E-state index contributed by atoms with van der Waals surface area (Å²) in [6.45, 7) is 0. The molecule has 0 aliphatic carbocycles. The number of amides is 1. The van der Waals surface area contributed by atoms with Crippen molar-refractivity contribution in [3.63, 3.8) is 0 Å². The van der Waals surface area contributed by atoms with Gasteiger partial charge < -0.3 is 10.4 Å². The number of aromatic nitrogens is 1. The number of nitro groups is 1. The number of pyridine rings is 1. The Balaban J connectivity index is 2.15. The predicted octanol–water partition coefficient (Wildman–Crippen LogP) is 1.95. The van der Waals surface area contributed by atoms with Gasteiger partial charge in [0.25, 0.3) is 11.6 Å². The summed E-state index contributed by atoms with van der Waals surface area (Å²) in [6.07, 6.45) is 1.38. The van der Waals surface area contributed by atoms with Crippen molar-refractivity contribution in [2.24, 2.45) is 0 Å². The highest BCUT2D eigenvalue weighted by Crippen LogP contribution is 2.18. The summed E-state index contributed by atoms with van der Waals surface area (Å²) in [5.74, 6) is -0.825. The Morgan fingerprint density at radius 1 is 1.26 bits per heavy atom. The van der Waals surface area contributed by atoms with E-state index in [0.29, 0.717) is 5.69 Å². The molecule has 0 unspecified atom stereocenters. The lowest BCUT2D eigenvalue weighted by Crippen LogP contribution is -2.13. The molecule has 0 fully saturated rings. The van der Waals surface area contributed by atoms with Crippen LogP contribution in [-0.2, 0) is 0 Å². The van der Waals surface area contributed by atoms with E-state index in [0.717, 1.165) is 0 Å². The van der Waals surface area contributed by atoms with Crippen LogP contribution in [0, 0.1) is 10.1 Å². The van der Waals surface area contributed by atoms with Crippen molar-refractivity contribution in [3.05, 3.63) is 58.4 Å². The summed E-state index contributed by atoms with van der Waals surface area (Å²) in [5.41, 5.74) is 0.195.